The number of hydrogen-bond acceptors (Lipinski definition) is 3. The van der Waals surface area contributed by atoms with Crippen molar-refractivity contribution in [2.75, 3.05) is 26.3 Å². The van der Waals surface area contributed by atoms with Crippen LogP contribution in [-0.4, -0.2) is 41.7 Å². The molecule has 96 valence electrons. The van der Waals surface area contributed by atoms with Gasteiger partial charge in [-0.3, -0.25) is 4.79 Å². The molecule has 1 aliphatic heterocycles. The maximum absolute atomic E-state index is 12.4. The summed E-state index contributed by atoms with van der Waals surface area (Å²) < 4.78 is 8.98. The summed E-state index contributed by atoms with van der Waals surface area (Å²) in [5.41, 5.74) is 1.73. The van der Waals surface area contributed by atoms with Gasteiger partial charge in [-0.2, -0.15) is 0 Å². The first-order chi connectivity index (χ1) is 8.66. The third-order valence-electron chi connectivity index (χ3n) is 3.22. The molecule has 0 bridgehead atoms. The lowest BCUT2D eigenvalue weighted by Crippen LogP contribution is -2.41. The monoisotopic (exact) mass is 284 g/mol. The van der Waals surface area contributed by atoms with Crippen LogP contribution in [0.1, 0.15) is 10.5 Å². The lowest BCUT2D eigenvalue weighted by Gasteiger charge is -2.26. The Balaban J connectivity index is 1.95. The van der Waals surface area contributed by atoms with Crippen LogP contribution >= 0.6 is 22.9 Å². The molecule has 1 aliphatic rings. The van der Waals surface area contributed by atoms with Crippen LogP contribution in [0.15, 0.2) is 12.1 Å². The zero-order valence-electron chi connectivity index (χ0n) is 9.98. The van der Waals surface area contributed by atoms with Gasteiger partial charge in [0.15, 0.2) is 0 Å². The lowest BCUT2D eigenvalue weighted by atomic mass is 10.3. The average molecular weight is 285 g/mol. The van der Waals surface area contributed by atoms with E-state index in [4.69, 9.17) is 16.3 Å². The van der Waals surface area contributed by atoms with Gasteiger partial charge in [-0.05, 0) is 12.1 Å². The van der Waals surface area contributed by atoms with Crippen molar-refractivity contribution in [1.29, 1.82) is 0 Å². The molecule has 1 saturated heterocycles. The number of halogens is 1. The van der Waals surface area contributed by atoms with Crippen molar-refractivity contribution >= 4 is 39.1 Å². The predicted octanol–water partition coefficient (Wildman–Crippen LogP) is 2.37. The number of aryl methyl sites for hydroxylation is 1. The molecule has 0 saturated carbocycles. The molecule has 6 heteroatoms. The maximum Gasteiger partial charge on any atom is 0.270 e. The van der Waals surface area contributed by atoms with Crippen molar-refractivity contribution in [2.45, 2.75) is 0 Å². The minimum atomic E-state index is 0.0697. The fourth-order valence-electron chi connectivity index (χ4n) is 2.22. The molecular weight excluding hydrogens is 272 g/mol. The summed E-state index contributed by atoms with van der Waals surface area (Å²) in [6.45, 7) is 2.57. The quantitative estimate of drug-likeness (QED) is 0.806. The standard InChI is InChI=1S/C12H13ClN2O2S/c1-14-8-7-11(13)18-10(8)6-9(14)12(16)15-2-4-17-5-3-15/h6-7H,2-5H2,1H3. The minimum absolute atomic E-state index is 0.0697. The van der Waals surface area contributed by atoms with Crippen LogP contribution in [0, 0.1) is 0 Å². The third-order valence-corrected chi connectivity index (χ3v) is 4.42. The highest BCUT2D eigenvalue weighted by Crippen LogP contribution is 2.31. The first-order valence-corrected chi connectivity index (χ1v) is 6.98. The number of fused-ring (bicyclic) bond motifs is 1. The van der Waals surface area contributed by atoms with Gasteiger partial charge in [0.2, 0.25) is 0 Å². The Morgan fingerprint density at radius 1 is 1.39 bits per heavy atom. The fourth-order valence-corrected chi connectivity index (χ4v) is 3.42. The van der Waals surface area contributed by atoms with Crippen LogP contribution in [0.4, 0.5) is 0 Å². The molecule has 0 aliphatic carbocycles. The maximum atomic E-state index is 12.4. The molecule has 0 aromatic carbocycles. The van der Waals surface area contributed by atoms with E-state index in [2.05, 4.69) is 0 Å². The summed E-state index contributed by atoms with van der Waals surface area (Å²) >= 11 is 7.47. The van der Waals surface area contributed by atoms with Gasteiger partial charge >= 0.3 is 0 Å². The smallest absolute Gasteiger partial charge is 0.270 e. The normalized spacial score (nSPS) is 16.4. The van der Waals surface area contributed by atoms with Crippen LogP contribution in [0.2, 0.25) is 4.34 Å². The van der Waals surface area contributed by atoms with Crippen molar-refractivity contribution in [1.82, 2.24) is 9.47 Å². The predicted molar refractivity (Wildman–Crippen MR) is 72.5 cm³/mol. The molecule has 1 amide bonds. The topological polar surface area (TPSA) is 34.5 Å². The second kappa shape index (κ2) is 4.57. The Hall–Kier alpha value is -1.04. The summed E-state index contributed by atoms with van der Waals surface area (Å²) in [6, 6.07) is 3.82. The van der Waals surface area contributed by atoms with Crippen molar-refractivity contribution < 1.29 is 9.53 Å². The van der Waals surface area contributed by atoms with Gasteiger partial charge in [0, 0.05) is 20.1 Å². The summed E-state index contributed by atoms with van der Waals surface area (Å²) in [5.74, 6) is 0.0697. The highest BCUT2D eigenvalue weighted by Gasteiger charge is 2.22. The van der Waals surface area contributed by atoms with Crippen LogP contribution < -0.4 is 0 Å². The van der Waals surface area contributed by atoms with Gasteiger partial charge in [-0.15, -0.1) is 11.3 Å². The molecule has 4 nitrogen and oxygen atoms in total. The summed E-state index contributed by atoms with van der Waals surface area (Å²) in [7, 11) is 1.90. The van der Waals surface area contributed by atoms with Crippen LogP contribution in [0.25, 0.3) is 10.2 Å². The Morgan fingerprint density at radius 3 is 2.78 bits per heavy atom. The van der Waals surface area contributed by atoms with Gasteiger partial charge < -0.3 is 14.2 Å². The minimum Gasteiger partial charge on any atom is -0.378 e. The van der Waals surface area contributed by atoms with E-state index in [1.807, 2.05) is 28.6 Å². The summed E-state index contributed by atoms with van der Waals surface area (Å²) in [6.07, 6.45) is 0. The van der Waals surface area contributed by atoms with Crippen LogP contribution in [0.3, 0.4) is 0 Å². The number of thiophene rings is 1. The average Bonchev–Trinajstić information content (AvgIpc) is 2.88. The second-order valence-corrected chi connectivity index (χ2v) is 6.01. The largest absolute Gasteiger partial charge is 0.378 e. The van der Waals surface area contributed by atoms with Crippen molar-refractivity contribution in [3.63, 3.8) is 0 Å². The lowest BCUT2D eigenvalue weighted by molar-refractivity contribution is 0.0297. The molecule has 0 atom stereocenters. The van der Waals surface area contributed by atoms with E-state index < -0.39 is 0 Å². The van der Waals surface area contributed by atoms with Gasteiger partial charge in [0.05, 0.1) is 27.8 Å². The highest BCUT2D eigenvalue weighted by molar-refractivity contribution is 7.22. The van der Waals surface area contributed by atoms with E-state index >= 15 is 0 Å². The number of hydrogen-bond donors (Lipinski definition) is 0. The van der Waals surface area contributed by atoms with Crippen molar-refractivity contribution in [3.05, 3.63) is 22.2 Å². The number of aromatic nitrogens is 1. The Labute approximate surface area is 114 Å². The number of carbonyl (C=O) groups excluding carboxylic acids is 1. The number of rotatable bonds is 1. The summed E-state index contributed by atoms with van der Waals surface area (Å²) in [4.78, 5) is 14.2. The number of morpholine rings is 1. The van der Waals surface area contributed by atoms with Crippen molar-refractivity contribution in [3.8, 4) is 0 Å². The number of amides is 1. The Morgan fingerprint density at radius 2 is 2.11 bits per heavy atom. The molecule has 0 unspecified atom stereocenters. The second-order valence-electron chi connectivity index (χ2n) is 4.29. The molecule has 3 rings (SSSR count). The van der Waals surface area contributed by atoms with Gasteiger partial charge in [-0.25, -0.2) is 0 Å². The molecular formula is C12H13ClN2O2S. The van der Waals surface area contributed by atoms with Gasteiger partial charge in [0.1, 0.15) is 5.69 Å². The van der Waals surface area contributed by atoms with Crippen LogP contribution in [0.5, 0.6) is 0 Å². The molecule has 1 fully saturated rings. The Kier molecular flexibility index (Phi) is 3.05. The number of nitrogens with zero attached hydrogens (tertiary/aromatic N) is 2. The molecule has 3 heterocycles. The third kappa shape index (κ3) is 1.92. The van der Waals surface area contributed by atoms with E-state index in [-0.39, 0.29) is 5.91 Å². The molecule has 0 N–H and O–H groups in total. The van der Waals surface area contributed by atoms with Gasteiger partial charge in [0.25, 0.3) is 5.91 Å². The highest BCUT2D eigenvalue weighted by atomic mass is 35.5. The van der Waals surface area contributed by atoms with E-state index in [0.29, 0.717) is 26.3 Å². The summed E-state index contributed by atoms with van der Waals surface area (Å²) in [5, 5.41) is 0. The van der Waals surface area contributed by atoms with E-state index in [9.17, 15) is 4.79 Å². The molecule has 2 aromatic rings. The first kappa shape index (κ1) is 12.0. The zero-order chi connectivity index (χ0) is 12.7. The van der Waals surface area contributed by atoms with Crippen LogP contribution in [-0.2, 0) is 11.8 Å². The fraction of sp³-hybridized carbons (Fsp3) is 0.417. The van der Waals surface area contributed by atoms with E-state index in [1.165, 1.54) is 11.3 Å². The number of ether oxygens (including phenoxy) is 1. The molecule has 0 radical (unpaired) electrons. The SMILES string of the molecule is Cn1c(C(=O)N2CCOCC2)cc2sc(Cl)cc21. The van der Waals surface area contributed by atoms with Gasteiger partial charge in [-0.1, -0.05) is 11.6 Å². The van der Waals surface area contributed by atoms with E-state index in [1.54, 1.807) is 0 Å². The molecule has 0 spiro atoms. The van der Waals surface area contributed by atoms with E-state index in [0.717, 1.165) is 20.2 Å². The Bertz CT molecular complexity index is 599. The first-order valence-electron chi connectivity index (χ1n) is 5.78. The number of carbonyl (C=O) groups is 1. The molecule has 18 heavy (non-hydrogen) atoms. The zero-order valence-corrected chi connectivity index (χ0v) is 11.6. The molecule has 2 aromatic heterocycles. The van der Waals surface area contributed by atoms with Crippen molar-refractivity contribution in [2.24, 2.45) is 7.05 Å².